The second-order valence-electron chi connectivity index (χ2n) is 3.46. The molecule has 1 aromatic heterocycles. The normalized spacial score (nSPS) is 10.4. The minimum absolute atomic E-state index is 0.182. The van der Waals surface area contributed by atoms with E-state index in [1.807, 2.05) is 0 Å². The Morgan fingerprint density at radius 3 is 2.94 bits per heavy atom. The third-order valence-electron chi connectivity index (χ3n) is 2.22. The highest BCUT2D eigenvalue weighted by Crippen LogP contribution is 2.27. The van der Waals surface area contributed by atoms with Crippen LogP contribution in [0.3, 0.4) is 0 Å². The molecule has 0 saturated heterocycles. The summed E-state index contributed by atoms with van der Waals surface area (Å²) in [6, 6.07) is 4.22. The van der Waals surface area contributed by atoms with Crippen LogP contribution in [0.1, 0.15) is 0 Å². The largest absolute Gasteiger partial charge is 0.505 e. The molecule has 1 heterocycles. The number of halogens is 1. The first kappa shape index (κ1) is 11.1. The van der Waals surface area contributed by atoms with E-state index in [1.165, 1.54) is 35.3 Å². The Bertz CT molecular complexity index is 566. The lowest BCUT2D eigenvalue weighted by Crippen LogP contribution is -2.08. The van der Waals surface area contributed by atoms with Crippen molar-refractivity contribution in [3.05, 3.63) is 36.4 Å². The summed E-state index contributed by atoms with van der Waals surface area (Å²) in [5.74, 6) is -2.23. The maximum atomic E-state index is 13.6. The van der Waals surface area contributed by atoms with Gasteiger partial charge in [0, 0.05) is 17.3 Å². The molecule has 5 nitrogen and oxygen atoms in total. The molecule has 0 amide bonds. The van der Waals surface area contributed by atoms with E-state index in [4.69, 9.17) is 5.11 Å². The van der Waals surface area contributed by atoms with Crippen LogP contribution in [0.15, 0.2) is 30.6 Å². The summed E-state index contributed by atoms with van der Waals surface area (Å²) in [7, 11) is 0. The molecule has 0 bridgehead atoms. The monoisotopic (exact) mass is 236 g/mol. The van der Waals surface area contributed by atoms with Crippen LogP contribution in [0, 0.1) is 5.82 Å². The van der Waals surface area contributed by atoms with Gasteiger partial charge in [0.05, 0.1) is 6.20 Å². The molecule has 0 spiro atoms. The molecular weight excluding hydrogens is 227 g/mol. The average molecular weight is 236 g/mol. The summed E-state index contributed by atoms with van der Waals surface area (Å²) < 4.78 is 14.7. The third-order valence-corrected chi connectivity index (χ3v) is 2.22. The number of carbonyl (C=O) groups is 1. The third kappa shape index (κ3) is 2.25. The summed E-state index contributed by atoms with van der Waals surface area (Å²) in [4.78, 5) is 10.5. The number of benzene rings is 1. The molecule has 17 heavy (non-hydrogen) atoms. The second-order valence-corrected chi connectivity index (χ2v) is 3.46. The van der Waals surface area contributed by atoms with Crippen molar-refractivity contribution in [3.8, 4) is 16.9 Å². The van der Waals surface area contributed by atoms with Gasteiger partial charge in [0.25, 0.3) is 0 Å². The standard InChI is InChI=1S/C11H9FN2O3/c12-11-8(2-1-3-9(11)15)7-4-13-14(5-7)6-10(16)17/h1-5,15H,6H2,(H,16,17). The number of phenolic OH excluding ortho intramolecular Hbond substituents is 1. The number of hydrogen-bond acceptors (Lipinski definition) is 3. The van der Waals surface area contributed by atoms with Crippen molar-refractivity contribution in [1.82, 2.24) is 9.78 Å². The van der Waals surface area contributed by atoms with E-state index < -0.39 is 17.5 Å². The Labute approximate surface area is 95.7 Å². The number of carboxylic acids is 1. The Morgan fingerprint density at radius 2 is 2.24 bits per heavy atom. The van der Waals surface area contributed by atoms with E-state index in [1.54, 1.807) is 0 Å². The van der Waals surface area contributed by atoms with Gasteiger partial charge in [0.1, 0.15) is 6.54 Å². The molecule has 88 valence electrons. The smallest absolute Gasteiger partial charge is 0.325 e. The predicted octanol–water partition coefficient (Wildman–Crippen LogP) is 1.48. The van der Waals surface area contributed by atoms with Crippen LogP contribution in [0.4, 0.5) is 4.39 Å². The van der Waals surface area contributed by atoms with E-state index in [-0.39, 0.29) is 12.1 Å². The van der Waals surface area contributed by atoms with Crippen molar-refractivity contribution in [2.75, 3.05) is 0 Å². The highest BCUT2D eigenvalue weighted by atomic mass is 19.1. The lowest BCUT2D eigenvalue weighted by atomic mass is 10.1. The first-order chi connectivity index (χ1) is 8.08. The predicted molar refractivity (Wildman–Crippen MR) is 56.9 cm³/mol. The van der Waals surface area contributed by atoms with Crippen molar-refractivity contribution in [2.45, 2.75) is 6.54 Å². The van der Waals surface area contributed by atoms with Gasteiger partial charge < -0.3 is 10.2 Å². The molecular formula is C11H9FN2O3. The number of rotatable bonds is 3. The summed E-state index contributed by atoms with van der Waals surface area (Å²) in [5, 5.41) is 21.6. The first-order valence-corrected chi connectivity index (χ1v) is 4.80. The fourth-order valence-electron chi connectivity index (χ4n) is 1.47. The SMILES string of the molecule is O=C(O)Cn1cc(-c2cccc(O)c2F)cn1. The lowest BCUT2D eigenvalue weighted by Gasteiger charge is -2.01. The van der Waals surface area contributed by atoms with Gasteiger partial charge in [0.15, 0.2) is 11.6 Å². The van der Waals surface area contributed by atoms with E-state index in [0.29, 0.717) is 5.56 Å². The number of hydrogen-bond donors (Lipinski definition) is 2. The molecule has 0 unspecified atom stereocenters. The quantitative estimate of drug-likeness (QED) is 0.846. The van der Waals surface area contributed by atoms with Gasteiger partial charge in [0.2, 0.25) is 0 Å². The fourth-order valence-corrected chi connectivity index (χ4v) is 1.47. The highest BCUT2D eigenvalue weighted by molar-refractivity contribution is 5.68. The van der Waals surface area contributed by atoms with E-state index >= 15 is 0 Å². The molecule has 1 aromatic carbocycles. The van der Waals surface area contributed by atoms with Crippen LogP contribution >= 0.6 is 0 Å². The molecule has 0 radical (unpaired) electrons. The van der Waals surface area contributed by atoms with Crippen LogP contribution in [0.5, 0.6) is 5.75 Å². The number of aromatic hydroxyl groups is 1. The molecule has 0 aliphatic heterocycles. The molecule has 0 fully saturated rings. The van der Waals surface area contributed by atoms with Gasteiger partial charge in [-0.3, -0.25) is 9.48 Å². The van der Waals surface area contributed by atoms with Gasteiger partial charge in [-0.1, -0.05) is 12.1 Å². The van der Waals surface area contributed by atoms with Gasteiger partial charge >= 0.3 is 5.97 Å². The maximum absolute atomic E-state index is 13.6. The molecule has 0 aliphatic carbocycles. The molecule has 6 heteroatoms. The Balaban J connectivity index is 2.37. The van der Waals surface area contributed by atoms with Crippen LogP contribution in [-0.4, -0.2) is 26.0 Å². The zero-order valence-electron chi connectivity index (χ0n) is 8.67. The van der Waals surface area contributed by atoms with E-state index in [0.717, 1.165) is 0 Å². The van der Waals surface area contributed by atoms with Gasteiger partial charge in [-0.25, -0.2) is 4.39 Å². The number of carboxylic acid groups (broad SMARTS) is 1. The lowest BCUT2D eigenvalue weighted by molar-refractivity contribution is -0.137. The number of aromatic nitrogens is 2. The summed E-state index contributed by atoms with van der Waals surface area (Å²) in [6.07, 6.45) is 2.76. The molecule has 0 saturated carbocycles. The summed E-state index contributed by atoms with van der Waals surface area (Å²) >= 11 is 0. The molecule has 2 aromatic rings. The van der Waals surface area contributed by atoms with Crippen LogP contribution in [0.2, 0.25) is 0 Å². The van der Waals surface area contributed by atoms with Gasteiger partial charge in [-0.05, 0) is 6.07 Å². The van der Waals surface area contributed by atoms with Crippen LogP contribution in [-0.2, 0) is 11.3 Å². The topological polar surface area (TPSA) is 75.3 Å². The molecule has 0 atom stereocenters. The molecule has 2 N–H and O–H groups in total. The zero-order valence-corrected chi connectivity index (χ0v) is 8.67. The van der Waals surface area contributed by atoms with E-state index in [9.17, 15) is 14.3 Å². The minimum atomic E-state index is -1.03. The second kappa shape index (κ2) is 4.25. The van der Waals surface area contributed by atoms with Gasteiger partial charge in [-0.2, -0.15) is 5.10 Å². The van der Waals surface area contributed by atoms with Gasteiger partial charge in [-0.15, -0.1) is 0 Å². The van der Waals surface area contributed by atoms with Crippen molar-refractivity contribution in [3.63, 3.8) is 0 Å². The Kier molecular flexibility index (Phi) is 2.78. The first-order valence-electron chi connectivity index (χ1n) is 4.80. The number of nitrogens with zero attached hydrogens (tertiary/aromatic N) is 2. The number of phenols is 1. The highest BCUT2D eigenvalue weighted by Gasteiger charge is 2.11. The Morgan fingerprint density at radius 1 is 1.47 bits per heavy atom. The average Bonchev–Trinajstić information content (AvgIpc) is 2.69. The molecule has 0 aliphatic rings. The van der Waals surface area contributed by atoms with E-state index in [2.05, 4.69) is 5.10 Å². The van der Waals surface area contributed by atoms with Crippen molar-refractivity contribution >= 4 is 5.97 Å². The van der Waals surface area contributed by atoms with Crippen LogP contribution in [0.25, 0.3) is 11.1 Å². The van der Waals surface area contributed by atoms with Crippen molar-refractivity contribution in [2.24, 2.45) is 0 Å². The van der Waals surface area contributed by atoms with Crippen LogP contribution < -0.4 is 0 Å². The fraction of sp³-hybridized carbons (Fsp3) is 0.0909. The van der Waals surface area contributed by atoms with Crippen molar-refractivity contribution < 1.29 is 19.4 Å². The molecule has 2 rings (SSSR count). The minimum Gasteiger partial charge on any atom is -0.505 e. The zero-order chi connectivity index (χ0) is 12.4. The summed E-state index contributed by atoms with van der Waals surface area (Å²) in [6.45, 7) is -0.291. The number of aliphatic carboxylic acids is 1. The summed E-state index contributed by atoms with van der Waals surface area (Å²) in [5.41, 5.74) is 0.598. The Hall–Kier alpha value is -2.37. The maximum Gasteiger partial charge on any atom is 0.325 e. The van der Waals surface area contributed by atoms with Crippen molar-refractivity contribution in [1.29, 1.82) is 0 Å².